The third-order valence-electron chi connectivity index (χ3n) is 2.23. The van der Waals surface area contributed by atoms with Crippen LogP contribution in [0.4, 0.5) is 8.78 Å². The number of benzene rings is 1. The summed E-state index contributed by atoms with van der Waals surface area (Å²) in [6.07, 6.45) is -0.411. The van der Waals surface area contributed by atoms with Gasteiger partial charge in [-0.25, -0.2) is 8.78 Å². The Morgan fingerprint density at radius 1 is 1.23 bits per heavy atom. The molecule has 0 spiro atoms. The fraction of sp³-hybridized carbons (Fsp3) is 0.300. The van der Waals surface area contributed by atoms with E-state index in [-0.39, 0.29) is 12.8 Å². The molecular formula is C10H7F2N. The molecule has 1 nitrogen and oxygen atoms in total. The van der Waals surface area contributed by atoms with Crippen molar-refractivity contribution >= 4 is 0 Å². The zero-order valence-electron chi connectivity index (χ0n) is 6.85. The molecule has 0 unspecified atom stereocenters. The molecule has 1 aromatic rings. The van der Waals surface area contributed by atoms with Crippen LogP contribution in [0.2, 0.25) is 0 Å². The van der Waals surface area contributed by atoms with Crippen molar-refractivity contribution in [2.24, 2.45) is 0 Å². The Labute approximate surface area is 74.6 Å². The van der Waals surface area contributed by atoms with Crippen molar-refractivity contribution in [3.05, 3.63) is 34.9 Å². The van der Waals surface area contributed by atoms with Crippen molar-refractivity contribution in [2.75, 3.05) is 0 Å². The van der Waals surface area contributed by atoms with E-state index < -0.39 is 5.92 Å². The topological polar surface area (TPSA) is 23.8 Å². The van der Waals surface area contributed by atoms with Crippen molar-refractivity contribution < 1.29 is 8.78 Å². The quantitative estimate of drug-likeness (QED) is 0.599. The summed E-state index contributed by atoms with van der Waals surface area (Å²) < 4.78 is 25.8. The third kappa shape index (κ3) is 1.40. The Balaban J connectivity index is 2.43. The Morgan fingerprint density at radius 3 is 2.62 bits per heavy atom. The number of hydrogen-bond acceptors (Lipinski definition) is 1. The molecule has 13 heavy (non-hydrogen) atoms. The second kappa shape index (κ2) is 2.53. The van der Waals surface area contributed by atoms with Crippen LogP contribution in [-0.4, -0.2) is 5.92 Å². The van der Waals surface area contributed by atoms with Gasteiger partial charge in [0.25, 0.3) is 5.92 Å². The first-order valence-corrected chi connectivity index (χ1v) is 4.00. The molecule has 0 aromatic heterocycles. The summed E-state index contributed by atoms with van der Waals surface area (Å²) in [6.45, 7) is 0. The first kappa shape index (κ1) is 8.18. The molecule has 0 N–H and O–H groups in total. The van der Waals surface area contributed by atoms with Crippen molar-refractivity contribution in [1.29, 1.82) is 5.26 Å². The fourth-order valence-corrected chi connectivity index (χ4v) is 1.65. The van der Waals surface area contributed by atoms with E-state index >= 15 is 0 Å². The van der Waals surface area contributed by atoms with Gasteiger partial charge >= 0.3 is 0 Å². The summed E-state index contributed by atoms with van der Waals surface area (Å²) in [5, 5.41) is 8.56. The highest BCUT2D eigenvalue weighted by Crippen LogP contribution is 2.34. The highest BCUT2D eigenvalue weighted by atomic mass is 19.3. The summed E-state index contributed by atoms with van der Waals surface area (Å²) in [5.41, 5.74) is 1.74. The minimum atomic E-state index is -2.61. The number of halogens is 2. The Morgan fingerprint density at radius 2 is 1.92 bits per heavy atom. The minimum Gasteiger partial charge on any atom is -0.206 e. The normalized spacial score (nSPS) is 17.9. The molecule has 1 aliphatic carbocycles. The van der Waals surface area contributed by atoms with E-state index in [1.165, 1.54) is 0 Å². The SMILES string of the molecule is N#Cc1ccc2c(c1)CC(F)(F)C2. The highest BCUT2D eigenvalue weighted by molar-refractivity contribution is 5.41. The monoisotopic (exact) mass is 179 g/mol. The second-order valence-corrected chi connectivity index (χ2v) is 3.30. The molecule has 2 rings (SSSR count). The summed E-state index contributed by atoms with van der Waals surface area (Å²) in [5.74, 6) is -2.61. The Bertz CT molecular complexity index is 390. The van der Waals surface area contributed by atoms with E-state index in [9.17, 15) is 8.78 Å². The second-order valence-electron chi connectivity index (χ2n) is 3.30. The Hall–Kier alpha value is -1.43. The van der Waals surface area contributed by atoms with Crippen molar-refractivity contribution in [1.82, 2.24) is 0 Å². The summed E-state index contributed by atoms with van der Waals surface area (Å²) in [6, 6.07) is 6.69. The lowest BCUT2D eigenvalue weighted by Gasteiger charge is -2.04. The van der Waals surface area contributed by atoms with Gasteiger partial charge in [-0.2, -0.15) is 5.26 Å². The molecule has 0 fully saturated rings. The molecule has 0 saturated heterocycles. The van der Waals surface area contributed by atoms with E-state index in [0.717, 1.165) is 0 Å². The van der Waals surface area contributed by atoms with Crippen LogP contribution in [-0.2, 0) is 12.8 Å². The molecular weight excluding hydrogens is 172 g/mol. The molecule has 0 heterocycles. The van der Waals surface area contributed by atoms with Gasteiger partial charge in [0.2, 0.25) is 0 Å². The molecule has 0 amide bonds. The van der Waals surface area contributed by atoms with Crippen LogP contribution in [0, 0.1) is 11.3 Å². The molecule has 66 valence electrons. The number of hydrogen-bond donors (Lipinski definition) is 0. The molecule has 3 heteroatoms. The number of alkyl halides is 2. The van der Waals surface area contributed by atoms with E-state index in [0.29, 0.717) is 16.7 Å². The maximum Gasteiger partial charge on any atom is 0.256 e. The number of nitrogens with zero attached hydrogens (tertiary/aromatic N) is 1. The first-order chi connectivity index (χ1) is 6.11. The lowest BCUT2D eigenvalue weighted by molar-refractivity contribution is 0.0130. The Kier molecular flexibility index (Phi) is 1.59. The van der Waals surface area contributed by atoms with E-state index in [4.69, 9.17) is 5.26 Å². The zero-order chi connectivity index (χ0) is 9.47. The van der Waals surface area contributed by atoms with Gasteiger partial charge in [0.05, 0.1) is 11.6 Å². The average Bonchev–Trinajstić information content (AvgIpc) is 2.36. The molecule has 1 aliphatic rings. The summed E-state index contributed by atoms with van der Waals surface area (Å²) in [7, 11) is 0. The van der Waals surface area contributed by atoms with E-state index in [1.807, 2.05) is 6.07 Å². The van der Waals surface area contributed by atoms with Crippen LogP contribution in [0.1, 0.15) is 16.7 Å². The van der Waals surface area contributed by atoms with Gasteiger partial charge in [-0.15, -0.1) is 0 Å². The van der Waals surface area contributed by atoms with Crippen molar-refractivity contribution in [3.8, 4) is 6.07 Å². The predicted molar refractivity (Wildman–Crippen MR) is 43.5 cm³/mol. The standard InChI is InChI=1S/C10H7F2N/c11-10(12)4-8-2-1-7(6-13)3-9(8)5-10/h1-3H,4-5H2. The van der Waals surface area contributed by atoms with Gasteiger partial charge in [-0.1, -0.05) is 6.07 Å². The molecule has 0 atom stereocenters. The predicted octanol–water partition coefficient (Wildman–Crippen LogP) is 2.29. The van der Waals surface area contributed by atoms with E-state index in [2.05, 4.69) is 0 Å². The number of fused-ring (bicyclic) bond motifs is 1. The van der Waals surface area contributed by atoms with Gasteiger partial charge < -0.3 is 0 Å². The van der Waals surface area contributed by atoms with Crippen LogP contribution >= 0.6 is 0 Å². The largest absolute Gasteiger partial charge is 0.256 e. The van der Waals surface area contributed by atoms with Gasteiger partial charge in [-0.05, 0) is 23.3 Å². The van der Waals surface area contributed by atoms with Crippen molar-refractivity contribution in [2.45, 2.75) is 18.8 Å². The fourth-order valence-electron chi connectivity index (χ4n) is 1.65. The smallest absolute Gasteiger partial charge is 0.206 e. The zero-order valence-corrected chi connectivity index (χ0v) is 6.85. The maximum atomic E-state index is 12.9. The van der Waals surface area contributed by atoms with Gasteiger partial charge in [-0.3, -0.25) is 0 Å². The molecule has 0 bridgehead atoms. The first-order valence-electron chi connectivity index (χ1n) is 4.00. The lowest BCUT2D eigenvalue weighted by atomic mass is 10.1. The van der Waals surface area contributed by atoms with Crippen LogP contribution in [0.25, 0.3) is 0 Å². The molecule has 0 aliphatic heterocycles. The van der Waals surface area contributed by atoms with Crippen LogP contribution < -0.4 is 0 Å². The van der Waals surface area contributed by atoms with Crippen LogP contribution in [0.3, 0.4) is 0 Å². The molecule has 0 saturated carbocycles. The highest BCUT2D eigenvalue weighted by Gasteiger charge is 2.37. The van der Waals surface area contributed by atoms with Gasteiger partial charge in [0.1, 0.15) is 0 Å². The maximum absolute atomic E-state index is 12.9. The summed E-state index contributed by atoms with van der Waals surface area (Å²) >= 11 is 0. The number of rotatable bonds is 0. The van der Waals surface area contributed by atoms with Crippen molar-refractivity contribution in [3.63, 3.8) is 0 Å². The molecule has 1 aromatic carbocycles. The minimum absolute atomic E-state index is 0.186. The van der Waals surface area contributed by atoms with Gasteiger partial charge in [0, 0.05) is 12.8 Å². The number of nitriles is 1. The van der Waals surface area contributed by atoms with Crippen LogP contribution in [0.5, 0.6) is 0 Å². The van der Waals surface area contributed by atoms with E-state index in [1.54, 1.807) is 18.2 Å². The summed E-state index contributed by atoms with van der Waals surface area (Å²) in [4.78, 5) is 0. The lowest BCUT2D eigenvalue weighted by Crippen LogP contribution is -2.14. The van der Waals surface area contributed by atoms with Gasteiger partial charge in [0.15, 0.2) is 0 Å². The third-order valence-corrected chi connectivity index (χ3v) is 2.23. The molecule has 0 radical (unpaired) electrons. The average molecular weight is 179 g/mol. The van der Waals surface area contributed by atoms with Crippen LogP contribution in [0.15, 0.2) is 18.2 Å².